The van der Waals surface area contributed by atoms with Crippen LogP contribution in [0.5, 0.6) is 0 Å². The Balaban J connectivity index is 1.71. The first kappa shape index (κ1) is 16.1. The number of carbonyl (C=O) groups is 1. The molecule has 2 aromatic rings. The van der Waals surface area contributed by atoms with Crippen LogP contribution < -0.4 is 5.32 Å². The lowest BCUT2D eigenvalue weighted by Gasteiger charge is -2.16. The van der Waals surface area contributed by atoms with Crippen LogP contribution in [0.3, 0.4) is 0 Å². The highest BCUT2D eigenvalue weighted by atomic mass is 19.1. The zero-order valence-electron chi connectivity index (χ0n) is 13.2. The van der Waals surface area contributed by atoms with Gasteiger partial charge in [-0.3, -0.25) is 14.9 Å². The summed E-state index contributed by atoms with van der Waals surface area (Å²) in [7, 11) is 0. The quantitative estimate of drug-likeness (QED) is 0.674. The Morgan fingerprint density at radius 3 is 2.50 bits per heavy atom. The fourth-order valence-electron chi connectivity index (χ4n) is 2.82. The van der Waals surface area contributed by atoms with E-state index >= 15 is 0 Å². The van der Waals surface area contributed by atoms with Gasteiger partial charge in [0.1, 0.15) is 5.82 Å². The third kappa shape index (κ3) is 3.13. The second kappa shape index (κ2) is 6.03. The number of aryl methyl sites for hydroxylation is 1. The van der Waals surface area contributed by atoms with Gasteiger partial charge in [-0.2, -0.15) is 0 Å². The van der Waals surface area contributed by atoms with E-state index in [-0.39, 0.29) is 28.4 Å². The van der Waals surface area contributed by atoms with E-state index in [1.54, 1.807) is 31.2 Å². The fourth-order valence-corrected chi connectivity index (χ4v) is 2.82. The number of benzene rings is 2. The Kier molecular flexibility index (Phi) is 4.05. The molecule has 0 atom stereocenters. The van der Waals surface area contributed by atoms with Crippen molar-refractivity contribution in [1.82, 2.24) is 5.32 Å². The minimum Gasteiger partial charge on any atom is -0.351 e. The number of nitrogens with one attached hydrogen (secondary N) is 1. The SMILES string of the molecule is Cc1ccc(C(=O)NCC2(c3ccc(F)cc3)CC2)cc1[N+](=O)[O-]. The summed E-state index contributed by atoms with van der Waals surface area (Å²) in [6.45, 7) is 2.06. The Bertz CT molecular complexity index is 798. The summed E-state index contributed by atoms with van der Waals surface area (Å²) in [6.07, 6.45) is 1.85. The average Bonchev–Trinajstić information content (AvgIpc) is 3.34. The highest BCUT2D eigenvalue weighted by Gasteiger charge is 2.44. The number of amides is 1. The number of halogens is 1. The Morgan fingerprint density at radius 2 is 1.92 bits per heavy atom. The first-order valence-corrected chi connectivity index (χ1v) is 7.71. The van der Waals surface area contributed by atoms with Gasteiger partial charge >= 0.3 is 0 Å². The molecule has 0 saturated heterocycles. The van der Waals surface area contributed by atoms with Crippen molar-refractivity contribution in [2.75, 3.05) is 6.54 Å². The smallest absolute Gasteiger partial charge is 0.273 e. The summed E-state index contributed by atoms with van der Waals surface area (Å²) in [4.78, 5) is 22.8. The van der Waals surface area contributed by atoms with E-state index in [4.69, 9.17) is 0 Å². The molecule has 24 heavy (non-hydrogen) atoms. The standard InChI is InChI=1S/C18H17FN2O3/c1-12-2-3-13(10-16(12)21(23)24)17(22)20-11-18(8-9-18)14-4-6-15(19)7-5-14/h2-7,10H,8-9,11H2,1H3,(H,20,22). The number of rotatable bonds is 5. The Morgan fingerprint density at radius 1 is 1.25 bits per heavy atom. The van der Waals surface area contributed by atoms with Crippen molar-refractivity contribution >= 4 is 11.6 Å². The number of hydrogen-bond donors (Lipinski definition) is 1. The van der Waals surface area contributed by atoms with Crippen LogP contribution in [-0.4, -0.2) is 17.4 Å². The zero-order valence-corrected chi connectivity index (χ0v) is 13.2. The Hall–Kier alpha value is -2.76. The molecule has 1 aliphatic rings. The molecule has 1 saturated carbocycles. The average molecular weight is 328 g/mol. The molecule has 6 heteroatoms. The van der Waals surface area contributed by atoms with Crippen LogP contribution in [0.2, 0.25) is 0 Å². The maximum atomic E-state index is 13.0. The zero-order chi connectivity index (χ0) is 17.3. The van der Waals surface area contributed by atoms with Gasteiger partial charge in [0.25, 0.3) is 11.6 Å². The number of carbonyl (C=O) groups excluding carboxylic acids is 1. The number of nitrogens with zero attached hydrogens (tertiary/aromatic N) is 1. The van der Waals surface area contributed by atoms with Gasteiger partial charge in [0.2, 0.25) is 0 Å². The van der Waals surface area contributed by atoms with Crippen LogP contribution in [0.15, 0.2) is 42.5 Å². The van der Waals surface area contributed by atoms with Crippen molar-refractivity contribution in [3.8, 4) is 0 Å². The second-order valence-electron chi connectivity index (χ2n) is 6.23. The maximum Gasteiger partial charge on any atom is 0.273 e. The van der Waals surface area contributed by atoms with Gasteiger partial charge in [-0.25, -0.2) is 4.39 Å². The largest absolute Gasteiger partial charge is 0.351 e. The van der Waals surface area contributed by atoms with Gasteiger partial charge in [0, 0.05) is 29.2 Å². The van der Waals surface area contributed by atoms with E-state index in [0.717, 1.165) is 18.4 Å². The highest BCUT2D eigenvalue weighted by Crippen LogP contribution is 2.47. The first-order chi connectivity index (χ1) is 11.4. The molecule has 2 aromatic carbocycles. The summed E-state index contributed by atoms with van der Waals surface area (Å²) in [6, 6.07) is 10.8. The molecule has 0 spiro atoms. The molecule has 1 fully saturated rings. The second-order valence-corrected chi connectivity index (χ2v) is 6.23. The normalized spacial score (nSPS) is 14.9. The summed E-state index contributed by atoms with van der Waals surface area (Å²) < 4.78 is 13.0. The lowest BCUT2D eigenvalue weighted by atomic mass is 9.96. The van der Waals surface area contributed by atoms with Crippen molar-refractivity contribution in [2.45, 2.75) is 25.2 Å². The summed E-state index contributed by atoms with van der Waals surface area (Å²) in [5.41, 5.74) is 1.56. The summed E-state index contributed by atoms with van der Waals surface area (Å²) >= 11 is 0. The lowest BCUT2D eigenvalue weighted by Crippen LogP contribution is -2.32. The molecule has 1 amide bonds. The van der Waals surface area contributed by atoms with Crippen molar-refractivity contribution in [2.24, 2.45) is 0 Å². The van der Waals surface area contributed by atoms with Gasteiger partial charge in [-0.15, -0.1) is 0 Å². The topological polar surface area (TPSA) is 72.2 Å². The van der Waals surface area contributed by atoms with Gasteiger partial charge in [0.05, 0.1) is 4.92 Å². The molecular weight excluding hydrogens is 311 g/mol. The van der Waals surface area contributed by atoms with E-state index in [1.165, 1.54) is 18.2 Å². The van der Waals surface area contributed by atoms with Crippen LogP contribution in [0, 0.1) is 22.9 Å². The van der Waals surface area contributed by atoms with Gasteiger partial charge in [-0.05, 0) is 43.5 Å². The molecule has 0 unspecified atom stereocenters. The van der Waals surface area contributed by atoms with Gasteiger partial charge in [0.15, 0.2) is 0 Å². The monoisotopic (exact) mass is 328 g/mol. The van der Waals surface area contributed by atoms with E-state index < -0.39 is 4.92 Å². The lowest BCUT2D eigenvalue weighted by molar-refractivity contribution is -0.385. The van der Waals surface area contributed by atoms with E-state index in [0.29, 0.717) is 12.1 Å². The predicted molar refractivity (Wildman–Crippen MR) is 87.5 cm³/mol. The van der Waals surface area contributed by atoms with Crippen molar-refractivity contribution in [3.63, 3.8) is 0 Å². The van der Waals surface area contributed by atoms with Crippen LogP contribution in [-0.2, 0) is 5.41 Å². The van der Waals surface area contributed by atoms with Crippen molar-refractivity contribution < 1.29 is 14.1 Å². The van der Waals surface area contributed by atoms with Crippen LogP contribution >= 0.6 is 0 Å². The van der Waals surface area contributed by atoms with E-state index in [1.807, 2.05) is 0 Å². The molecule has 1 aliphatic carbocycles. The minimum atomic E-state index is -0.493. The third-order valence-electron chi connectivity index (χ3n) is 4.57. The molecule has 0 radical (unpaired) electrons. The van der Waals surface area contributed by atoms with E-state index in [9.17, 15) is 19.3 Å². The van der Waals surface area contributed by atoms with Crippen LogP contribution in [0.4, 0.5) is 10.1 Å². The van der Waals surface area contributed by atoms with Gasteiger partial charge in [-0.1, -0.05) is 18.2 Å². The molecule has 3 rings (SSSR count). The predicted octanol–water partition coefficient (Wildman–Crippen LogP) is 3.50. The molecule has 0 bridgehead atoms. The molecule has 5 nitrogen and oxygen atoms in total. The minimum absolute atomic E-state index is 0.0673. The van der Waals surface area contributed by atoms with Crippen molar-refractivity contribution in [1.29, 1.82) is 0 Å². The fraction of sp³-hybridized carbons (Fsp3) is 0.278. The third-order valence-corrected chi connectivity index (χ3v) is 4.57. The molecule has 0 heterocycles. The maximum absolute atomic E-state index is 13.0. The Labute approximate surface area is 138 Å². The molecule has 124 valence electrons. The molecule has 1 N–H and O–H groups in total. The molecular formula is C18H17FN2O3. The number of hydrogen-bond acceptors (Lipinski definition) is 3. The molecule has 0 aromatic heterocycles. The van der Waals surface area contributed by atoms with Crippen molar-refractivity contribution in [3.05, 3.63) is 75.1 Å². The highest BCUT2D eigenvalue weighted by molar-refractivity contribution is 5.95. The van der Waals surface area contributed by atoms with Gasteiger partial charge < -0.3 is 5.32 Å². The van der Waals surface area contributed by atoms with Crippen LogP contribution in [0.25, 0.3) is 0 Å². The number of nitro benzene ring substituents is 1. The summed E-state index contributed by atoms with van der Waals surface area (Å²) in [5, 5.41) is 13.8. The molecule has 0 aliphatic heterocycles. The van der Waals surface area contributed by atoms with Crippen LogP contribution in [0.1, 0.15) is 34.3 Å². The van der Waals surface area contributed by atoms with E-state index in [2.05, 4.69) is 5.32 Å². The first-order valence-electron chi connectivity index (χ1n) is 7.71. The number of nitro groups is 1. The summed E-state index contributed by atoms with van der Waals surface area (Å²) in [5.74, 6) is -0.628.